The lowest BCUT2D eigenvalue weighted by molar-refractivity contribution is 0.282. The fourth-order valence-corrected chi connectivity index (χ4v) is 3.36. The van der Waals surface area contributed by atoms with Crippen LogP contribution in [0.15, 0.2) is 64.1 Å². The molecule has 0 aromatic heterocycles. The molecule has 0 fully saturated rings. The highest BCUT2D eigenvalue weighted by molar-refractivity contribution is 9.10. The van der Waals surface area contributed by atoms with E-state index < -0.39 is 0 Å². The molecule has 144 valence electrons. The van der Waals surface area contributed by atoms with Gasteiger partial charge in [-0.2, -0.15) is 0 Å². The number of hydrogen-bond acceptors (Lipinski definition) is 3. The number of benzene rings is 3. The Morgan fingerprint density at radius 3 is 2.68 bits per heavy atom. The van der Waals surface area contributed by atoms with Gasteiger partial charge in [-0.05, 0) is 75.9 Å². The molecule has 3 rings (SSSR count). The van der Waals surface area contributed by atoms with Crippen LogP contribution in [0.5, 0.6) is 11.5 Å². The van der Waals surface area contributed by atoms with Crippen molar-refractivity contribution < 1.29 is 13.9 Å². The van der Waals surface area contributed by atoms with Crippen LogP contribution in [0.3, 0.4) is 0 Å². The Balaban J connectivity index is 1.83. The zero-order valence-corrected chi connectivity index (χ0v) is 17.7. The molecule has 3 aromatic carbocycles. The maximum Gasteiger partial charge on any atom is 0.175 e. The van der Waals surface area contributed by atoms with Crippen molar-refractivity contribution in [1.82, 2.24) is 0 Å². The minimum absolute atomic E-state index is 0.224. The third-order valence-electron chi connectivity index (χ3n) is 4.12. The first-order chi connectivity index (χ1) is 13.5. The van der Waals surface area contributed by atoms with Gasteiger partial charge in [-0.3, -0.25) is 4.99 Å². The molecule has 0 bridgehead atoms. The minimum atomic E-state index is -0.296. The van der Waals surface area contributed by atoms with E-state index in [1.165, 1.54) is 12.1 Å². The van der Waals surface area contributed by atoms with Crippen LogP contribution in [0, 0.1) is 12.7 Å². The van der Waals surface area contributed by atoms with Crippen LogP contribution in [0.4, 0.5) is 10.1 Å². The number of halogens is 3. The lowest BCUT2D eigenvalue weighted by Crippen LogP contribution is -2.00. The third kappa shape index (κ3) is 4.91. The van der Waals surface area contributed by atoms with Gasteiger partial charge >= 0.3 is 0 Å². The molecule has 0 radical (unpaired) electrons. The van der Waals surface area contributed by atoms with Crippen molar-refractivity contribution in [3.8, 4) is 11.5 Å². The van der Waals surface area contributed by atoms with Crippen molar-refractivity contribution in [2.24, 2.45) is 4.99 Å². The second-order valence-corrected chi connectivity index (χ2v) is 7.36. The summed E-state index contributed by atoms with van der Waals surface area (Å²) in [5.74, 6) is 0.799. The molecule has 3 aromatic rings. The number of aliphatic imine (C=N–C) groups is 1. The second kappa shape index (κ2) is 9.22. The molecule has 0 amide bonds. The lowest BCUT2D eigenvalue weighted by atomic mass is 10.2. The quantitative estimate of drug-likeness (QED) is 0.374. The summed E-state index contributed by atoms with van der Waals surface area (Å²) in [6.07, 6.45) is 1.74. The van der Waals surface area contributed by atoms with Gasteiger partial charge < -0.3 is 9.47 Å². The Labute approximate surface area is 176 Å². The molecule has 0 N–H and O–H groups in total. The number of rotatable bonds is 6. The van der Waals surface area contributed by atoms with Gasteiger partial charge in [0.1, 0.15) is 12.4 Å². The van der Waals surface area contributed by atoms with Crippen LogP contribution in [0.2, 0.25) is 5.02 Å². The van der Waals surface area contributed by atoms with Gasteiger partial charge in [0.2, 0.25) is 0 Å². The lowest BCUT2D eigenvalue weighted by Gasteiger charge is -2.13. The summed E-state index contributed by atoms with van der Waals surface area (Å²) in [5, 5.41) is 0.675. The van der Waals surface area contributed by atoms with Gasteiger partial charge in [0.15, 0.2) is 11.5 Å². The number of methoxy groups -OCH3 is 1. The van der Waals surface area contributed by atoms with Gasteiger partial charge in [-0.1, -0.05) is 29.8 Å². The van der Waals surface area contributed by atoms with Crippen molar-refractivity contribution in [1.29, 1.82) is 0 Å². The summed E-state index contributed by atoms with van der Waals surface area (Å²) in [6, 6.07) is 15.6. The highest BCUT2D eigenvalue weighted by atomic mass is 79.9. The Morgan fingerprint density at radius 1 is 1.14 bits per heavy atom. The molecular weight excluding hydrogens is 445 g/mol. The SMILES string of the molecule is COc1cc(C=Nc2cccc(Cl)c2C)cc(Br)c1OCc1cccc(F)c1. The monoisotopic (exact) mass is 461 g/mol. The van der Waals surface area contributed by atoms with Gasteiger partial charge in [0, 0.05) is 11.2 Å². The van der Waals surface area contributed by atoms with E-state index in [9.17, 15) is 4.39 Å². The van der Waals surface area contributed by atoms with Crippen molar-refractivity contribution in [2.75, 3.05) is 7.11 Å². The van der Waals surface area contributed by atoms with Crippen molar-refractivity contribution in [2.45, 2.75) is 13.5 Å². The van der Waals surface area contributed by atoms with E-state index in [2.05, 4.69) is 20.9 Å². The predicted octanol–water partition coefficient (Wildman–Crippen LogP) is 6.89. The van der Waals surface area contributed by atoms with Crippen LogP contribution in [-0.4, -0.2) is 13.3 Å². The second-order valence-electron chi connectivity index (χ2n) is 6.09. The molecule has 0 unspecified atom stereocenters. The van der Waals surface area contributed by atoms with E-state index in [4.69, 9.17) is 21.1 Å². The first-order valence-electron chi connectivity index (χ1n) is 8.52. The first kappa shape index (κ1) is 20.4. The number of nitrogens with zero attached hydrogens (tertiary/aromatic N) is 1. The summed E-state index contributed by atoms with van der Waals surface area (Å²) in [4.78, 5) is 4.52. The molecule has 0 aliphatic rings. The third-order valence-corrected chi connectivity index (χ3v) is 5.11. The number of ether oxygens (including phenoxy) is 2. The van der Waals surface area contributed by atoms with Crippen molar-refractivity contribution in [3.05, 3.63) is 86.6 Å². The molecule has 0 heterocycles. The van der Waals surface area contributed by atoms with E-state index >= 15 is 0 Å². The van der Waals surface area contributed by atoms with Crippen LogP contribution in [0.1, 0.15) is 16.7 Å². The highest BCUT2D eigenvalue weighted by Crippen LogP contribution is 2.37. The zero-order chi connectivity index (χ0) is 20.1. The van der Waals surface area contributed by atoms with Crippen LogP contribution in [0.25, 0.3) is 0 Å². The average Bonchev–Trinajstić information content (AvgIpc) is 2.68. The van der Waals surface area contributed by atoms with Crippen molar-refractivity contribution >= 4 is 39.4 Å². The van der Waals surface area contributed by atoms with E-state index in [0.717, 1.165) is 22.4 Å². The molecule has 0 saturated heterocycles. The summed E-state index contributed by atoms with van der Waals surface area (Å²) in [6.45, 7) is 2.15. The maximum absolute atomic E-state index is 13.3. The fraction of sp³-hybridized carbons (Fsp3) is 0.136. The Hall–Kier alpha value is -2.37. The molecule has 28 heavy (non-hydrogen) atoms. The fourth-order valence-electron chi connectivity index (χ4n) is 2.62. The molecule has 0 atom stereocenters. The molecule has 0 saturated carbocycles. The van der Waals surface area contributed by atoms with E-state index in [-0.39, 0.29) is 12.4 Å². The van der Waals surface area contributed by atoms with Gasteiger partial charge in [0.25, 0.3) is 0 Å². The van der Waals surface area contributed by atoms with Crippen LogP contribution >= 0.6 is 27.5 Å². The van der Waals surface area contributed by atoms with Gasteiger partial charge in [-0.15, -0.1) is 0 Å². The van der Waals surface area contributed by atoms with E-state index in [0.29, 0.717) is 21.0 Å². The highest BCUT2D eigenvalue weighted by Gasteiger charge is 2.12. The topological polar surface area (TPSA) is 30.8 Å². The summed E-state index contributed by atoms with van der Waals surface area (Å²) in [5.41, 5.74) is 3.28. The summed E-state index contributed by atoms with van der Waals surface area (Å²) >= 11 is 9.66. The van der Waals surface area contributed by atoms with Crippen molar-refractivity contribution in [3.63, 3.8) is 0 Å². The maximum atomic E-state index is 13.3. The minimum Gasteiger partial charge on any atom is -0.493 e. The van der Waals surface area contributed by atoms with E-state index in [1.807, 2.05) is 37.3 Å². The standard InChI is InChI=1S/C22H18BrClFNO2/c1-14-19(24)7-4-8-20(14)26-12-16-10-18(23)22(21(11-16)27-2)28-13-15-5-3-6-17(25)9-15/h3-12H,13H2,1-2H3. The predicted molar refractivity (Wildman–Crippen MR) is 115 cm³/mol. The first-order valence-corrected chi connectivity index (χ1v) is 9.69. The average molecular weight is 463 g/mol. The van der Waals surface area contributed by atoms with Crippen LogP contribution in [-0.2, 0) is 6.61 Å². The normalized spacial score (nSPS) is 11.0. The van der Waals surface area contributed by atoms with E-state index in [1.54, 1.807) is 25.5 Å². The Bertz CT molecular complexity index is 1020. The van der Waals surface area contributed by atoms with Gasteiger partial charge in [-0.25, -0.2) is 4.39 Å². The molecule has 0 aliphatic heterocycles. The molecule has 3 nitrogen and oxygen atoms in total. The molecule has 6 heteroatoms. The van der Waals surface area contributed by atoms with Gasteiger partial charge in [0.05, 0.1) is 17.3 Å². The Morgan fingerprint density at radius 2 is 1.93 bits per heavy atom. The van der Waals surface area contributed by atoms with Crippen LogP contribution < -0.4 is 9.47 Å². The molecule has 0 spiro atoms. The largest absolute Gasteiger partial charge is 0.493 e. The molecular formula is C22H18BrClFNO2. The summed E-state index contributed by atoms with van der Waals surface area (Å²) in [7, 11) is 1.57. The Kier molecular flexibility index (Phi) is 6.70. The molecule has 0 aliphatic carbocycles. The number of hydrogen-bond donors (Lipinski definition) is 0. The summed E-state index contributed by atoms with van der Waals surface area (Å²) < 4.78 is 25.4. The smallest absolute Gasteiger partial charge is 0.175 e. The zero-order valence-electron chi connectivity index (χ0n) is 15.4.